The molecule has 0 aliphatic heterocycles. The summed E-state index contributed by atoms with van der Waals surface area (Å²) in [7, 11) is 0. The van der Waals surface area contributed by atoms with Gasteiger partial charge >= 0.3 is 0 Å². The predicted molar refractivity (Wildman–Crippen MR) is 70.5 cm³/mol. The number of rotatable bonds is 6. The third kappa shape index (κ3) is 3.93. The molecule has 4 nitrogen and oxygen atoms in total. The van der Waals surface area contributed by atoms with E-state index >= 15 is 0 Å². The number of benzene rings is 1. The minimum absolute atomic E-state index is 0.550. The van der Waals surface area contributed by atoms with Gasteiger partial charge in [-0.25, -0.2) is 0 Å². The summed E-state index contributed by atoms with van der Waals surface area (Å²) in [5.41, 5.74) is 0.742. The lowest BCUT2D eigenvalue weighted by molar-refractivity contribution is 0.275. The standard InChI is InChI=1S/C12H16BrNO3/c1-3-5-17-12-10(13)6-9(8-14-15)7-11(12)16-4-2/h6-8,15H,3-5H2,1-2H3/b14-8+. The van der Waals surface area contributed by atoms with Crippen molar-refractivity contribution in [2.75, 3.05) is 13.2 Å². The van der Waals surface area contributed by atoms with Crippen LogP contribution in [0.2, 0.25) is 0 Å². The fraction of sp³-hybridized carbons (Fsp3) is 0.417. The van der Waals surface area contributed by atoms with Crippen LogP contribution in [0, 0.1) is 0 Å². The molecule has 0 radical (unpaired) electrons. The van der Waals surface area contributed by atoms with Crippen molar-refractivity contribution in [1.82, 2.24) is 0 Å². The third-order valence-corrected chi connectivity index (χ3v) is 2.58. The molecule has 0 heterocycles. The Morgan fingerprint density at radius 2 is 2.12 bits per heavy atom. The maximum absolute atomic E-state index is 8.52. The molecule has 1 aromatic carbocycles. The highest BCUT2D eigenvalue weighted by Crippen LogP contribution is 2.36. The summed E-state index contributed by atoms with van der Waals surface area (Å²) in [6, 6.07) is 3.59. The topological polar surface area (TPSA) is 51.0 Å². The molecule has 94 valence electrons. The molecule has 0 spiro atoms. The molecule has 0 bridgehead atoms. The Labute approximate surface area is 109 Å². The average Bonchev–Trinajstić information content (AvgIpc) is 2.29. The molecule has 0 amide bonds. The van der Waals surface area contributed by atoms with Gasteiger partial charge in [0.2, 0.25) is 0 Å². The van der Waals surface area contributed by atoms with E-state index in [2.05, 4.69) is 21.1 Å². The van der Waals surface area contributed by atoms with E-state index in [0.717, 1.165) is 16.5 Å². The van der Waals surface area contributed by atoms with Crippen LogP contribution in [0.1, 0.15) is 25.8 Å². The van der Waals surface area contributed by atoms with Crippen molar-refractivity contribution in [2.24, 2.45) is 5.16 Å². The van der Waals surface area contributed by atoms with Crippen LogP contribution in [-0.4, -0.2) is 24.6 Å². The minimum Gasteiger partial charge on any atom is -0.490 e. The molecule has 0 atom stereocenters. The van der Waals surface area contributed by atoms with Crippen LogP contribution >= 0.6 is 15.9 Å². The van der Waals surface area contributed by atoms with Gasteiger partial charge in [0.15, 0.2) is 11.5 Å². The Bertz CT molecular complexity index is 394. The van der Waals surface area contributed by atoms with Crippen LogP contribution in [0.25, 0.3) is 0 Å². The first kappa shape index (κ1) is 13.8. The first-order valence-corrected chi connectivity index (χ1v) is 6.28. The first-order chi connectivity index (χ1) is 8.22. The van der Waals surface area contributed by atoms with Crippen LogP contribution in [0.5, 0.6) is 11.5 Å². The van der Waals surface area contributed by atoms with E-state index in [4.69, 9.17) is 14.7 Å². The molecular weight excluding hydrogens is 286 g/mol. The van der Waals surface area contributed by atoms with E-state index in [1.807, 2.05) is 19.9 Å². The van der Waals surface area contributed by atoms with Gasteiger partial charge in [-0.3, -0.25) is 0 Å². The van der Waals surface area contributed by atoms with Crippen molar-refractivity contribution in [1.29, 1.82) is 0 Å². The van der Waals surface area contributed by atoms with Gasteiger partial charge in [-0.1, -0.05) is 12.1 Å². The maximum atomic E-state index is 8.52. The van der Waals surface area contributed by atoms with E-state index < -0.39 is 0 Å². The highest BCUT2D eigenvalue weighted by molar-refractivity contribution is 9.10. The molecule has 1 aromatic rings. The molecule has 1 N–H and O–H groups in total. The summed E-state index contributed by atoms with van der Waals surface area (Å²) < 4.78 is 11.9. The van der Waals surface area contributed by atoms with Gasteiger partial charge in [-0.2, -0.15) is 0 Å². The number of nitrogens with zero attached hydrogens (tertiary/aromatic N) is 1. The molecule has 0 saturated carbocycles. The predicted octanol–water partition coefficient (Wildman–Crippen LogP) is 3.44. The molecule has 0 aliphatic rings. The first-order valence-electron chi connectivity index (χ1n) is 5.49. The van der Waals surface area contributed by atoms with Gasteiger partial charge in [0.25, 0.3) is 0 Å². The average molecular weight is 302 g/mol. The Morgan fingerprint density at radius 3 is 2.71 bits per heavy atom. The lowest BCUT2D eigenvalue weighted by atomic mass is 10.2. The normalized spacial score (nSPS) is 10.8. The monoisotopic (exact) mass is 301 g/mol. The molecule has 0 aliphatic carbocycles. The van der Waals surface area contributed by atoms with Crippen LogP contribution in [0.4, 0.5) is 0 Å². The van der Waals surface area contributed by atoms with Gasteiger partial charge < -0.3 is 14.7 Å². The molecule has 5 heteroatoms. The van der Waals surface area contributed by atoms with Gasteiger partial charge in [-0.15, -0.1) is 0 Å². The molecule has 0 saturated heterocycles. The van der Waals surface area contributed by atoms with Crippen molar-refractivity contribution >= 4 is 22.1 Å². The summed E-state index contributed by atoms with van der Waals surface area (Å²) in [5.74, 6) is 1.33. The summed E-state index contributed by atoms with van der Waals surface area (Å²) in [6.07, 6.45) is 2.27. The van der Waals surface area contributed by atoms with Gasteiger partial charge in [0.05, 0.1) is 23.9 Å². The lowest BCUT2D eigenvalue weighted by Gasteiger charge is -2.13. The zero-order chi connectivity index (χ0) is 12.7. The van der Waals surface area contributed by atoms with Crippen LogP contribution in [-0.2, 0) is 0 Å². The zero-order valence-corrected chi connectivity index (χ0v) is 11.5. The number of hydrogen-bond acceptors (Lipinski definition) is 4. The molecular formula is C12H16BrNO3. The fourth-order valence-electron chi connectivity index (χ4n) is 1.34. The van der Waals surface area contributed by atoms with E-state index in [1.165, 1.54) is 6.21 Å². The summed E-state index contributed by atoms with van der Waals surface area (Å²) in [6.45, 7) is 5.13. The third-order valence-electron chi connectivity index (χ3n) is 1.99. The molecule has 17 heavy (non-hydrogen) atoms. The van der Waals surface area contributed by atoms with E-state index in [1.54, 1.807) is 6.07 Å². The summed E-state index contributed by atoms with van der Waals surface area (Å²) in [4.78, 5) is 0. The molecule has 1 rings (SSSR count). The minimum atomic E-state index is 0.550. The van der Waals surface area contributed by atoms with Crippen molar-refractivity contribution in [3.63, 3.8) is 0 Å². The second kappa shape index (κ2) is 7.17. The smallest absolute Gasteiger partial charge is 0.175 e. The van der Waals surface area contributed by atoms with Crippen LogP contribution < -0.4 is 9.47 Å². The van der Waals surface area contributed by atoms with E-state index in [9.17, 15) is 0 Å². The highest BCUT2D eigenvalue weighted by Gasteiger charge is 2.11. The van der Waals surface area contributed by atoms with Gasteiger partial charge in [-0.05, 0) is 41.4 Å². The van der Waals surface area contributed by atoms with Crippen molar-refractivity contribution in [2.45, 2.75) is 20.3 Å². The molecule has 0 aromatic heterocycles. The second-order valence-corrected chi connectivity index (χ2v) is 4.21. The Hall–Kier alpha value is -1.23. The molecule has 0 fully saturated rings. The lowest BCUT2D eigenvalue weighted by Crippen LogP contribution is -2.01. The number of hydrogen-bond donors (Lipinski definition) is 1. The number of halogens is 1. The zero-order valence-electron chi connectivity index (χ0n) is 9.94. The van der Waals surface area contributed by atoms with E-state index in [-0.39, 0.29) is 0 Å². The molecule has 0 unspecified atom stereocenters. The number of oxime groups is 1. The SMILES string of the molecule is CCCOc1c(Br)cc(/C=N/O)cc1OCC. The Morgan fingerprint density at radius 1 is 1.35 bits per heavy atom. The summed E-state index contributed by atoms with van der Waals surface area (Å²) in [5, 5.41) is 11.5. The van der Waals surface area contributed by atoms with Crippen LogP contribution in [0.3, 0.4) is 0 Å². The largest absolute Gasteiger partial charge is 0.490 e. The second-order valence-electron chi connectivity index (χ2n) is 3.36. The van der Waals surface area contributed by atoms with Gasteiger partial charge in [0, 0.05) is 5.56 Å². The Balaban J connectivity index is 3.08. The van der Waals surface area contributed by atoms with Crippen LogP contribution in [0.15, 0.2) is 21.8 Å². The van der Waals surface area contributed by atoms with Crippen molar-refractivity contribution < 1.29 is 14.7 Å². The van der Waals surface area contributed by atoms with Crippen molar-refractivity contribution in [3.05, 3.63) is 22.2 Å². The van der Waals surface area contributed by atoms with Gasteiger partial charge in [0.1, 0.15) is 0 Å². The summed E-state index contributed by atoms with van der Waals surface area (Å²) >= 11 is 3.42. The van der Waals surface area contributed by atoms with E-state index in [0.29, 0.717) is 24.7 Å². The van der Waals surface area contributed by atoms with Crippen molar-refractivity contribution in [3.8, 4) is 11.5 Å². The fourth-order valence-corrected chi connectivity index (χ4v) is 1.91. The quantitative estimate of drug-likeness (QED) is 0.497. The Kier molecular flexibility index (Phi) is 5.83. The highest BCUT2D eigenvalue weighted by atomic mass is 79.9. The maximum Gasteiger partial charge on any atom is 0.175 e. The number of ether oxygens (including phenoxy) is 2.